The fourth-order valence-corrected chi connectivity index (χ4v) is 4.48. The molecule has 1 aromatic heterocycles. The number of nitrogens with zero attached hydrogens (tertiary/aromatic N) is 1. The number of benzene rings is 3. The summed E-state index contributed by atoms with van der Waals surface area (Å²) >= 11 is 0. The smallest absolute Gasteiger partial charge is 0.138 e. The summed E-state index contributed by atoms with van der Waals surface area (Å²) in [6, 6.07) is 23.4. The number of pyridine rings is 1. The highest BCUT2D eigenvalue weighted by Crippen LogP contribution is 2.38. The van der Waals surface area contributed by atoms with Crippen molar-refractivity contribution in [3.05, 3.63) is 84.8 Å². The number of hydrogen-bond acceptors (Lipinski definition) is 3. The van der Waals surface area contributed by atoms with Crippen molar-refractivity contribution in [1.29, 1.82) is 0 Å². The SMILES string of the molecule is Fc1ccccc1-c1ccc2ncc(-c3ccccc3)c(OCCC3CCCCN3)c2c1. The molecule has 3 aromatic carbocycles. The highest BCUT2D eigenvalue weighted by molar-refractivity contribution is 5.94. The van der Waals surface area contributed by atoms with Gasteiger partial charge in [0, 0.05) is 28.8 Å². The van der Waals surface area contributed by atoms with Gasteiger partial charge in [-0.2, -0.15) is 0 Å². The summed E-state index contributed by atoms with van der Waals surface area (Å²) in [5.41, 5.74) is 4.26. The molecule has 0 amide bonds. The molecule has 2 heterocycles. The van der Waals surface area contributed by atoms with E-state index in [-0.39, 0.29) is 5.82 Å². The molecule has 4 heteroatoms. The van der Waals surface area contributed by atoms with Crippen LogP contribution in [0.15, 0.2) is 79.0 Å². The minimum absolute atomic E-state index is 0.232. The lowest BCUT2D eigenvalue weighted by Gasteiger charge is -2.24. The Kier molecular flexibility index (Phi) is 6.13. The molecule has 162 valence electrons. The Hall–Kier alpha value is -3.24. The lowest BCUT2D eigenvalue weighted by atomic mass is 9.99. The maximum Gasteiger partial charge on any atom is 0.138 e. The molecule has 0 saturated carbocycles. The number of hydrogen-bond donors (Lipinski definition) is 1. The molecule has 1 N–H and O–H groups in total. The average molecular weight is 427 g/mol. The van der Waals surface area contributed by atoms with E-state index >= 15 is 0 Å². The van der Waals surface area contributed by atoms with Crippen molar-refractivity contribution in [2.45, 2.75) is 31.7 Å². The molecule has 0 spiro atoms. The van der Waals surface area contributed by atoms with Crippen LogP contribution in [-0.2, 0) is 0 Å². The summed E-state index contributed by atoms with van der Waals surface area (Å²) in [4.78, 5) is 4.69. The van der Waals surface area contributed by atoms with E-state index in [2.05, 4.69) is 22.4 Å². The van der Waals surface area contributed by atoms with Gasteiger partial charge in [0.15, 0.2) is 0 Å². The van der Waals surface area contributed by atoms with Gasteiger partial charge in [0.25, 0.3) is 0 Å². The fraction of sp³-hybridized carbons (Fsp3) is 0.250. The van der Waals surface area contributed by atoms with E-state index in [0.29, 0.717) is 18.2 Å². The lowest BCUT2D eigenvalue weighted by molar-refractivity contribution is 0.271. The lowest BCUT2D eigenvalue weighted by Crippen LogP contribution is -2.35. The first kappa shape index (κ1) is 20.7. The first-order chi connectivity index (χ1) is 15.8. The second-order valence-corrected chi connectivity index (χ2v) is 8.36. The number of piperidine rings is 1. The van der Waals surface area contributed by atoms with Gasteiger partial charge in [-0.25, -0.2) is 4.39 Å². The molecule has 1 fully saturated rings. The van der Waals surface area contributed by atoms with Crippen molar-refractivity contribution >= 4 is 10.9 Å². The van der Waals surface area contributed by atoms with Gasteiger partial charge >= 0.3 is 0 Å². The second-order valence-electron chi connectivity index (χ2n) is 8.36. The molecule has 4 aromatic rings. The predicted molar refractivity (Wildman–Crippen MR) is 128 cm³/mol. The van der Waals surface area contributed by atoms with E-state index < -0.39 is 0 Å². The normalized spacial score (nSPS) is 16.2. The van der Waals surface area contributed by atoms with Gasteiger partial charge < -0.3 is 10.1 Å². The Morgan fingerprint density at radius 3 is 2.56 bits per heavy atom. The summed E-state index contributed by atoms with van der Waals surface area (Å²) in [6.45, 7) is 1.71. The molecule has 1 aliphatic rings. The van der Waals surface area contributed by atoms with Crippen LogP contribution in [0.1, 0.15) is 25.7 Å². The van der Waals surface area contributed by atoms with E-state index in [9.17, 15) is 4.39 Å². The zero-order valence-corrected chi connectivity index (χ0v) is 18.1. The standard InChI is InChI=1S/C28H27FN2O/c29-26-12-5-4-11-23(26)21-13-14-27-24(18-21)28(32-17-15-22-10-6-7-16-30-22)25(19-31-27)20-8-2-1-3-9-20/h1-5,8-9,11-14,18-19,22,30H,6-7,10,15-17H2. The highest BCUT2D eigenvalue weighted by atomic mass is 19.1. The van der Waals surface area contributed by atoms with Crippen LogP contribution in [0.3, 0.4) is 0 Å². The van der Waals surface area contributed by atoms with E-state index in [1.54, 1.807) is 12.1 Å². The number of aromatic nitrogens is 1. The largest absolute Gasteiger partial charge is 0.492 e. The number of rotatable bonds is 6. The van der Waals surface area contributed by atoms with Crippen molar-refractivity contribution in [2.24, 2.45) is 0 Å². The second kappa shape index (κ2) is 9.49. The van der Waals surface area contributed by atoms with Crippen molar-refractivity contribution in [2.75, 3.05) is 13.2 Å². The van der Waals surface area contributed by atoms with Crippen molar-refractivity contribution < 1.29 is 9.13 Å². The van der Waals surface area contributed by atoms with Crippen molar-refractivity contribution in [3.8, 4) is 28.0 Å². The Balaban J connectivity index is 1.55. The Morgan fingerprint density at radius 2 is 1.75 bits per heavy atom. The summed E-state index contributed by atoms with van der Waals surface area (Å²) in [6.07, 6.45) is 6.57. The quantitative estimate of drug-likeness (QED) is 0.376. The molecule has 32 heavy (non-hydrogen) atoms. The topological polar surface area (TPSA) is 34.1 Å². The molecular formula is C28H27FN2O. The Bertz CT molecular complexity index is 1200. The first-order valence-corrected chi connectivity index (χ1v) is 11.4. The van der Waals surface area contributed by atoms with Crippen LogP contribution in [0.2, 0.25) is 0 Å². The van der Waals surface area contributed by atoms with Crippen LogP contribution in [0.25, 0.3) is 33.2 Å². The molecule has 0 radical (unpaired) electrons. The van der Waals surface area contributed by atoms with E-state index in [1.165, 1.54) is 25.3 Å². The summed E-state index contributed by atoms with van der Waals surface area (Å²) in [5.74, 6) is 0.583. The van der Waals surface area contributed by atoms with E-state index in [1.807, 2.05) is 48.7 Å². The molecular weight excluding hydrogens is 399 g/mol. The van der Waals surface area contributed by atoms with Gasteiger partial charge in [-0.3, -0.25) is 4.98 Å². The van der Waals surface area contributed by atoms with Crippen LogP contribution in [-0.4, -0.2) is 24.2 Å². The third kappa shape index (κ3) is 4.37. The zero-order valence-electron chi connectivity index (χ0n) is 18.1. The maximum atomic E-state index is 14.5. The van der Waals surface area contributed by atoms with Crippen LogP contribution in [0.5, 0.6) is 5.75 Å². The van der Waals surface area contributed by atoms with Gasteiger partial charge in [0.2, 0.25) is 0 Å². The Labute approximate surface area is 188 Å². The third-order valence-corrected chi connectivity index (χ3v) is 6.21. The molecule has 5 rings (SSSR count). The van der Waals surface area contributed by atoms with Crippen LogP contribution in [0, 0.1) is 5.82 Å². The van der Waals surface area contributed by atoms with Crippen molar-refractivity contribution in [1.82, 2.24) is 10.3 Å². The molecule has 0 aliphatic carbocycles. The minimum Gasteiger partial charge on any atom is -0.492 e. The number of ether oxygens (including phenoxy) is 1. The van der Waals surface area contributed by atoms with E-state index in [0.717, 1.165) is 46.3 Å². The molecule has 1 aliphatic heterocycles. The Morgan fingerprint density at radius 1 is 0.906 bits per heavy atom. The van der Waals surface area contributed by atoms with E-state index in [4.69, 9.17) is 4.74 Å². The number of fused-ring (bicyclic) bond motifs is 1. The third-order valence-electron chi connectivity index (χ3n) is 6.21. The van der Waals surface area contributed by atoms with Gasteiger partial charge in [-0.05, 0) is 55.1 Å². The number of halogens is 1. The van der Waals surface area contributed by atoms with Crippen LogP contribution < -0.4 is 10.1 Å². The van der Waals surface area contributed by atoms with Gasteiger partial charge in [-0.15, -0.1) is 0 Å². The minimum atomic E-state index is -0.232. The van der Waals surface area contributed by atoms with Gasteiger partial charge in [-0.1, -0.05) is 61.0 Å². The molecule has 1 unspecified atom stereocenters. The zero-order chi connectivity index (χ0) is 21.8. The van der Waals surface area contributed by atoms with Crippen LogP contribution >= 0.6 is 0 Å². The summed E-state index contributed by atoms with van der Waals surface area (Å²) in [5, 5.41) is 4.50. The van der Waals surface area contributed by atoms with Crippen LogP contribution in [0.4, 0.5) is 4.39 Å². The summed E-state index contributed by atoms with van der Waals surface area (Å²) < 4.78 is 20.9. The maximum absolute atomic E-state index is 14.5. The number of nitrogens with one attached hydrogen (secondary N) is 1. The molecule has 3 nitrogen and oxygen atoms in total. The summed E-state index contributed by atoms with van der Waals surface area (Å²) in [7, 11) is 0. The van der Waals surface area contributed by atoms with Gasteiger partial charge in [0.05, 0.1) is 12.1 Å². The molecule has 1 saturated heterocycles. The molecule has 0 bridgehead atoms. The van der Waals surface area contributed by atoms with Crippen molar-refractivity contribution in [3.63, 3.8) is 0 Å². The highest BCUT2D eigenvalue weighted by Gasteiger charge is 2.16. The monoisotopic (exact) mass is 426 g/mol. The average Bonchev–Trinajstić information content (AvgIpc) is 2.85. The molecule has 1 atom stereocenters. The fourth-order valence-electron chi connectivity index (χ4n) is 4.48. The predicted octanol–water partition coefficient (Wildman–Crippen LogP) is 6.62. The first-order valence-electron chi connectivity index (χ1n) is 11.4. The van der Waals surface area contributed by atoms with Gasteiger partial charge in [0.1, 0.15) is 11.6 Å².